The number of fused-ring (bicyclic) bond motifs is 1. The lowest BCUT2D eigenvalue weighted by molar-refractivity contribution is 0.0176. The van der Waals surface area contributed by atoms with E-state index in [1.54, 1.807) is 24.9 Å². The average molecular weight is 585 g/mol. The Hall–Kier alpha value is -3.92. The maximum Gasteiger partial charge on any atom is 0.325 e. The molecular weight excluding hydrogens is 540 g/mol. The number of nitrogens with zero attached hydrogens (tertiary/aromatic N) is 4. The molecule has 228 valence electrons. The minimum absolute atomic E-state index is 0.164. The highest BCUT2D eigenvalue weighted by molar-refractivity contribution is 5.93. The molecule has 0 bridgehead atoms. The summed E-state index contributed by atoms with van der Waals surface area (Å²) in [6.07, 6.45) is 6.68. The van der Waals surface area contributed by atoms with Crippen molar-refractivity contribution in [2.24, 2.45) is 0 Å². The molecule has 1 fully saturated rings. The largest absolute Gasteiger partial charge is 0.395 e. The second kappa shape index (κ2) is 13.6. The minimum atomic E-state index is -0.282. The van der Waals surface area contributed by atoms with Gasteiger partial charge in [0.25, 0.3) is 0 Å². The smallest absolute Gasteiger partial charge is 0.325 e. The number of β-amino-alcohol motifs (C(OH)–C–C–N with tert-alkyl or cyclic N) is 1. The van der Waals surface area contributed by atoms with Crippen LogP contribution in [0.25, 0.3) is 10.9 Å². The first-order valence-electron chi connectivity index (χ1n) is 15.1. The standard InChI is InChI=1S/C34H44N6O3/c1-34(2,43-4)15-20-39(29-9-10-31-27(23-29)14-19-40(31)33(42)35-3)30-11-16-36-32(24-30)37-28-7-5-25(6-8-28)26-12-17-38(18-13-26)21-22-41/h5-11,14,16,19,23-24,26,41H,12-13,15,17-18,20-22H2,1-4H3,(H,35,42)(H,36,37). The summed E-state index contributed by atoms with van der Waals surface area (Å²) in [4.78, 5) is 21.5. The Morgan fingerprint density at radius 1 is 1.07 bits per heavy atom. The summed E-state index contributed by atoms with van der Waals surface area (Å²) in [5.41, 5.74) is 4.98. The number of aliphatic hydroxyl groups is 1. The fourth-order valence-electron chi connectivity index (χ4n) is 5.76. The summed E-state index contributed by atoms with van der Waals surface area (Å²) in [6.45, 7) is 7.99. The van der Waals surface area contributed by atoms with E-state index < -0.39 is 0 Å². The topological polar surface area (TPSA) is 94.9 Å². The quantitative estimate of drug-likeness (QED) is 0.196. The van der Waals surface area contributed by atoms with Gasteiger partial charge < -0.3 is 30.3 Å². The van der Waals surface area contributed by atoms with Gasteiger partial charge in [-0.3, -0.25) is 4.57 Å². The van der Waals surface area contributed by atoms with Gasteiger partial charge in [0, 0.05) is 68.2 Å². The van der Waals surface area contributed by atoms with Gasteiger partial charge >= 0.3 is 6.03 Å². The molecule has 0 saturated carbocycles. The van der Waals surface area contributed by atoms with E-state index in [1.807, 2.05) is 24.4 Å². The highest BCUT2D eigenvalue weighted by Crippen LogP contribution is 2.33. The van der Waals surface area contributed by atoms with E-state index in [4.69, 9.17) is 4.74 Å². The number of carbonyl (C=O) groups excluding carboxylic acids is 1. The monoisotopic (exact) mass is 584 g/mol. The second-order valence-corrected chi connectivity index (χ2v) is 11.8. The molecule has 9 nitrogen and oxygen atoms in total. The third-order valence-electron chi connectivity index (χ3n) is 8.62. The number of hydrogen-bond donors (Lipinski definition) is 3. The Balaban J connectivity index is 1.35. The molecule has 2 aromatic heterocycles. The number of methoxy groups -OCH3 is 1. The van der Waals surface area contributed by atoms with Gasteiger partial charge in [-0.2, -0.15) is 0 Å². The molecule has 2 aromatic carbocycles. The highest BCUT2D eigenvalue weighted by atomic mass is 16.5. The van der Waals surface area contributed by atoms with Gasteiger partial charge in [0.2, 0.25) is 0 Å². The van der Waals surface area contributed by atoms with Crippen molar-refractivity contribution in [3.63, 3.8) is 0 Å². The van der Waals surface area contributed by atoms with Crippen molar-refractivity contribution in [1.82, 2.24) is 19.8 Å². The molecule has 1 aliphatic rings. The van der Waals surface area contributed by atoms with Gasteiger partial charge in [-0.15, -0.1) is 0 Å². The number of aromatic nitrogens is 2. The number of piperidine rings is 1. The SMILES string of the molecule is CNC(=O)n1ccc2cc(N(CCC(C)(C)OC)c3ccnc(Nc4ccc(C5CCN(CCO)CC5)cc4)c3)ccc21. The summed E-state index contributed by atoms with van der Waals surface area (Å²) < 4.78 is 7.36. The number of anilines is 4. The Kier molecular flexibility index (Phi) is 9.65. The molecule has 3 heterocycles. The van der Waals surface area contributed by atoms with Crippen LogP contribution >= 0.6 is 0 Å². The number of hydrogen-bond acceptors (Lipinski definition) is 7. The summed E-state index contributed by atoms with van der Waals surface area (Å²) in [5.74, 6) is 1.33. The molecule has 0 radical (unpaired) electrons. The minimum Gasteiger partial charge on any atom is -0.395 e. The van der Waals surface area contributed by atoms with E-state index in [2.05, 4.69) is 81.7 Å². The molecule has 5 rings (SSSR count). The van der Waals surface area contributed by atoms with Crippen molar-refractivity contribution in [2.45, 2.75) is 44.6 Å². The Morgan fingerprint density at radius 3 is 2.51 bits per heavy atom. The lowest BCUT2D eigenvalue weighted by Crippen LogP contribution is -2.34. The molecule has 0 spiro atoms. The zero-order valence-electron chi connectivity index (χ0n) is 25.7. The van der Waals surface area contributed by atoms with Gasteiger partial charge in [-0.1, -0.05) is 12.1 Å². The maximum absolute atomic E-state index is 12.3. The van der Waals surface area contributed by atoms with Crippen molar-refractivity contribution in [3.8, 4) is 0 Å². The lowest BCUT2D eigenvalue weighted by atomic mass is 9.89. The molecule has 0 aliphatic carbocycles. The summed E-state index contributed by atoms with van der Waals surface area (Å²) >= 11 is 0. The number of benzene rings is 2. The molecule has 4 aromatic rings. The Bertz CT molecular complexity index is 1510. The van der Waals surface area contributed by atoms with Crippen LogP contribution in [-0.2, 0) is 4.74 Å². The summed E-state index contributed by atoms with van der Waals surface area (Å²) in [5, 5.41) is 16.4. The summed E-state index contributed by atoms with van der Waals surface area (Å²) in [7, 11) is 3.38. The van der Waals surface area contributed by atoms with Crippen LogP contribution in [0.5, 0.6) is 0 Å². The fourth-order valence-corrected chi connectivity index (χ4v) is 5.76. The van der Waals surface area contributed by atoms with Gasteiger partial charge in [0.05, 0.1) is 17.7 Å². The fraction of sp³-hybridized carbons (Fsp3) is 0.412. The van der Waals surface area contributed by atoms with Crippen molar-refractivity contribution in [1.29, 1.82) is 0 Å². The first kappa shape index (κ1) is 30.5. The number of carbonyl (C=O) groups is 1. The summed E-state index contributed by atoms with van der Waals surface area (Å²) in [6, 6.07) is 20.8. The molecule has 43 heavy (non-hydrogen) atoms. The third kappa shape index (κ3) is 7.36. The van der Waals surface area contributed by atoms with Crippen molar-refractivity contribution in [2.75, 3.05) is 57.2 Å². The van der Waals surface area contributed by atoms with Crippen molar-refractivity contribution >= 4 is 39.8 Å². The van der Waals surface area contributed by atoms with Crippen LogP contribution < -0.4 is 15.5 Å². The number of rotatable bonds is 11. The zero-order valence-corrected chi connectivity index (χ0v) is 25.7. The van der Waals surface area contributed by atoms with Crippen LogP contribution in [0, 0.1) is 0 Å². The molecule has 1 aliphatic heterocycles. The van der Waals surface area contributed by atoms with E-state index in [0.717, 1.165) is 79.2 Å². The highest BCUT2D eigenvalue weighted by Gasteiger charge is 2.22. The van der Waals surface area contributed by atoms with Crippen LogP contribution in [0.3, 0.4) is 0 Å². The number of ether oxygens (including phenoxy) is 1. The molecular formula is C34H44N6O3. The van der Waals surface area contributed by atoms with E-state index in [1.165, 1.54) is 5.56 Å². The molecule has 3 N–H and O–H groups in total. The maximum atomic E-state index is 12.3. The lowest BCUT2D eigenvalue weighted by Gasteiger charge is -2.31. The van der Waals surface area contributed by atoms with E-state index in [9.17, 15) is 9.90 Å². The van der Waals surface area contributed by atoms with Crippen LogP contribution in [0.15, 0.2) is 73.1 Å². The molecule has 9 heteroatoms. The first-order chi connectivity index (χ1) is 20.8. The predicted molar refractivity (Wildman–Crippen MR) is 174 cm³/mol. The molecule has 1 amide bonds. The number of nitrogens with one attached hydrogen (secondary N) is 2. The van der Waals surface area contributed by atoms with Crippen LogP contribution in [0.1, 0.15) is 44.6 Å². The first-order valence-corrected chi connectivity index (χ1v) is 15.1. The van der Waals surface area contributed by atoms with Gasteiger partial charge in [-0.25, -0.2) is 9.78 Å². The van der Waals surface area contributed by atoms with E-state index >= 15 is 0 Å². The Labute approximate surface area is 254 Å². The number of amides is 1. The van der Waals surface area contributed by atoms with E-state index in [-0.39, 0.29) is 18.2 Å². The number of pyridine rings is 1. The third-order valence-corrected chi connectivity index (χ3v) is 8.62. The normalized spacial score (nSPS) is 14.6. The second-order valence-electron chi connectivity index (χ2n) is 11.8. The Morgan fingerprint density at radius 2 is 1.81 bits per heavy atom. The zero-order chi connectivity index (χ0) is 30.4. The van der Waals surface area contributed by atoms with Crippen LogP contribution in [0.4, 0.5) is 27.7 Å². The van der Waals surface area contributed by atoms with Crippen LogP contribution in [0.2, 0.25) is 0 Å². The van der Waals surface area contributed by atoms with Crippen molar-refractivity contribution in [3.05, 3.63) is 78.6 Å². The molecule has 0 atom stereocenters. The van der Waals surface area contributed by atoms with Gasteiger partial charge in [0.1, 0.15) is 5.82 Å². The van der Waals surface area contributed by atoms with Gasteiger partial charge in [-0.05, 0) is 100 Å². The van der Waals surface area contributed by atoms with Crippen LogP contribution in [-0.4, -0.2) is 78.1 Å². The number of aliphatic hydroxyl groups excluding tert-OH is 1. The predicted octanol–water partition coefficient (Wildman–Crippen LogP) is 6.09. The molecule has 1 saturated heterocycles. The average Bonchev–Trinajstić information content (AvgIpc) is 3.45. The van der Waals surface area contributed by atoms with Gasteiger partial charge in [0.15, 0.2) is 0 Å². The molecule has 0 unspecified atom stereocenters. The number of likely N-dealkylation sites (tertiary alicyclic amines) is 1. The van der Waals surface area contributed by atoms with E-state index in [0.29, 0.717) is 5.92 Å². The van der Waals surface area contributed by atoms with Crippen molar-refractivity contribution < 1.29 is 14.6 Å².